The molecule has 2 unspecified atom stereocenters. The Bertz CT molecular complexity index is 460. The van der Waals surface area contributed by atoms with Crippen molar-refractivity contribution in [3.63, 3.8) is 0 Å². The third-order valence-corrected chi connectivity index (χ3v) is 3.67. The van der Waals surface area contributed by atoms with Crippen molar-refractivity contribution in [1.29, 1.82) is 0 Å². The summed E-state index contributed by atoms with van der Waals surface area (Å²) < 4.78 is 0. The topological polar surface area (TPSA) is 98.3 Å². The van der Waals surface area contributed by atoms with Crippen LogP contribution in [0.3, 0.4) is 0 Å². The van der Waals surface area contributed by atoms with Gasteiger partial charge in [-0.25, -0.2) is 4.79 Å². The fraction of sp³-hybridized carbons (Fsp3) is 0.615. The number of aromatic amines is 1. The van der Waals surface area contributed by atoms with E-state index in [0.29, 0.717) is 19.4 Å². The zero-order chi connectivity index (χ0) is 14.5. The first-order valence-electron chi connectivity index (χ1n) is 6.78. The van der Waals surface area contributed by atoms with Gasteiger partial charge < -0.3 is 15.3 Å². The number of rotatable bonds is 4. The Kier molecular flexibility index (Phi) is 4.60. The van der Waals surface area contributed by atoms with Crippen molar-refractivity contribution >= 4 is 12.0 Å². The van der Waals surface area contributed by atoms with Crippen LogP contribution in [0.25, 0.3) is 0 Å². The molecule has 110 valence electrons. The molecule has 2 rings (SSSR count). The lowest BCUT2D eigenvalue weighted by atomic mass is 9.86. The molecule has 1 aliphatic carbocycles. The molecule has 7 heteroatoms. The number of aliphatic carboxylic acids is 1. The molecule has 0 aromatic carbocycles. The smallest absolute Gasteiger partial charge is 0.317 e. The average Bonchev–Trinajstić information content (AvgIpc) is 2.91. The van der Waals surface area contributed by atoms with Crippen molar-refractivity contribution in [2.45, 2.75) is 38.3 Å². The lowest BCUT2D eigenvalue weighted by molar-refractivity contribution is -0.143. The van der Waals surface area contributed by atoms with Gasteiger partial charge in [0.2, 0.25) is 0 Å². The van der Waals surface area contributed by atoms with Crippen LogP contribution in [0.2, 0.25) is 0 Å². The normalized spacial score (nSPS) is 22.2. The van der Waals surface area contributed by atoms with Crippen molar-refractivity contribution < 1.29 is 14.7 Å². The number of amides is 2. The second-order valence-corrected chi connectivity index (χ2v) is 5.31. The molecule has 0 saturated heterocycles. The van der Waals surface area contributed by atoms with E-state index in [0.717, 1.165) is 18.4 Å². The highest BCUT2D eigenvalue weighted by atomic mass is 16.4. The molecule has 1 fully saturated rings. The van der Waals surface area contributed by atoms with E-state index in [1.54, 1.807) is 24.3 Å². The van der Waals surface area contributed by atoms with Gasteiger partial charge in [-0.3, -0.25) is 9.89 Å². The van der Waals surface area contributed by atoms with E-state index in [2.05, 4.69) is 15.5 Å². The molecule has 0 aliphatic heterocycles. The Morgan fingerprint density at radius 2 is 2.35 bits per heavy atom. The summed E-state index contributed by atoms with van der Waals surface area (Å²) >= 11 is 0. The number of hydrogen-bond donors (Lipinski definition) is 3. The predicted molar refractivity (Wildman–Crippen MR) is 72.0 cm³/mol. The van der Waals surface area contributed by atoms with E-state index in [9.17, 15) is 9.59 Å². The van der Waals surface area contributed by atoms with Gasteiger partial charge in [0.1, 0.15) is 0 Å². The first-order chi connectivity index (χ1) is 9.56. The Balaban J connectivity index is 1.82. The van der Waals surface area contributed by atoms with Gasteiger partial charge >= 0.3 is 12.0 Å². The van der Waals surface area contributed by atoms with Gasteiger partial charge in [-0.05, 0) is 19.3 Å². The molecule has 0 spiro atoms. The summed E-state index contributed by atoms with van der Waals surface area (Å²) in [6, 6.07) is -0.230. The van der Waals surface area contributed by atoms with Crippen LogP contribution < -0.4 is 5.32 Å². The van der Waals surface area contributed by atoms with Crippen LogP contribution in [0.5, 0.6) is 0 Å². The number of H-pyrrole nitrogens is 1. The van der Waals surface area contributed by atoms with Crippen LogP contribution in [0.4, 0.5) is 4.79 Å². The monoisotopic (exact) mass is 280 g/mol. The summed E-state index contributed by atoms with van der Waals surface area (Å²) in [6.07, 6.45) is 6.31. The van der Waals surface area contributed by atoms with Gasteiger partial charge in [-0.1, -0.05) is 6.42 Å². The molecule has 7 nitrogen and oxygen atoms in total. The number of urea groups is 1. The number of carboxylic acid groups (broad SMARTS) is 1. The van der Waals surface area contributed by atoms with Crippen LogP contribution in [-0.2, 0) is 11.3 Å². The molecule has 2 amide bonds. The first kappa shape index (κ1) is 14.4. The van der Waals surface area contributed by atoms with Gasteiger partial charge in [0.25, 0.3) is 0 Å². The zero-order valence-corrected chi connectivity index (χ0v) is 11.5. The van der Waals surface area contributed by atoms with Crippen molar-refractivity contribution in [3.8, 4) is 0 Å². The van der Waals surface area contributed by atoms with Gasteiger partial charge in [-0.2, -0.15) is 5.10 Å². The first-order valence-corrected chi connectivity index (χ1v) is 6.78. The van der Waals surface area contributed by atoms with Crippen molar-refractivity contribution in [2.24, 2.45) is 5.92 Å². The van der Waals surface area contributed by atoms with Gasteiger partial charge in [0.05, 0.1) is 18.7 Å². The third kappa shape index (κ3) is 3.72. The number of aromatic nitrogens is 2. The van der Waals surface area contributed by atoms with E-state index in [1.807, 2.05) is 0 Å². The quantitative estimate of drug-likeness (QED) is 0.771. The molecule has 1 heterocycles. The maximum Gasteiger partial charge on any atom is 0.317 e. The van der Waals surface area contributed by atoms with E-state index >= 15 is 0 Å². The number of nitrogens with zero attached hydrogens (tertiary/aromatic N) is 2. The summed E-state index contributed by atoms with van der Waals surface area (Å²) in [5.41, 5.74) is 0.926. The summed E-state index contributed by atoms with van der Waals surface area (Å²) in [5.74, 6) is -1.11. The molecule has 20 heavy (non-hydrogen) atoms. The van der Waals surface area contributed by atoms with Crippen LogP contribution in [0, 0.1) is 5.92 Å². The second-order valence-electron chi connectivity index (χ2n) is 5.31. The Morgan fingerprint density at radius 1 is 1.55 bits per heavy atom. The molecular formula is C13H20N4O3. The standard InChI is InChI=1S/C13H20N4O3/c1-17(8-9-6-14-15-7-9)13(20)16-11-4-2-3-10(5-11)12(18)19/h6-7,10-11H,2-5,8H2,1H3,(H,14,15)(H,16,20)(H,18,19). The molecular weight excluding hydrogens is 260 g/mol. The second kappa shape index (κ2) is 6.40. The fourth-order valence-electron chi connectivity index (χ4n) is 2.54. The maximum absolute atomic E-state index is 12.1. The SMILES string of the molecule is CN(Cc1cn[nH]c1)C(=O)NC1CCCC(C(=O)O)C1. The molecule has 2 atom stereocenters. The number of nitrogens with one attached hydrogen (secondary N) is 2. The zero-order valence-electron chi connectivity index (χ0n) is 11.5. The summed E-state index contributed by atoms with van der Waals surface area (Å²) in [7, 11) is 1.71. The Hall–Kier alpha value is -2.05. The van der Waals surface area contributed by atoms with E-state index in [4.69, 9.17) is 5.11 Å². The molecule has 1 saturated carbocycles. The summed E-state index contributed by atoms with van der Waals surface area (Å²) in [5, 5.41) is 18.5. The maximum atomic E-state index is 12.1. The number of carbonyl (C=O) groups excluding carboxylic acids is 1. The minimum absolute atomic E-state index is 0.0517. The Morgan fingerprint density at radius 3 is 3.00 bits per heavy atom. The van der Waals surface area contributed by atoms with Gasteiger partial charge in [0, 0.05) is 24.8 Å². The van der Waals surface area contributed by atoms with Gasteiger partial charge in [-0.15, -0.1) is 0 Å². The number of hydrogen-bond acceptors (Lipinski definition) is 3. The molecule has 0 bridgehead atoms. The fourth-order valence-corrected chi connectivity index (χ4v) is 2.54. The van der Waals surface area contributed by atoms with E-state index in [-0.39, 0.29) is 18.0 Å². The highest BCUT2D eigenvalue weighted by Gasteiger charge is 2.28. The van der Waals surface area contributed by atoms with Gasteiger partial charge in [0.15, 0.2) is 0 Å². The van der Waals surface area contributed by atoms with Crippen LogP contribution in [-0.4, -0.2) is 45.3 Å². The van der Waals surface area contributed by atoms with E-state index in [1.165, 1.54) is 0 Å². The van der Waals surface area contributed by atoms with Crippen LogP contribution in [0.1, 0.15) is 31.2 Å². The Labute approximate surface area is 117 Å². The van der Waals surface area contributed by atoms with Crippen molar-refractivity contribution in [3.05, 3.63) is 18.0 Å². The molecule has 0 radical (unpaired) electrons. The summed E-state index contributed by atoms with van der Waals surface area (Å²) in [6.45, 7) is 0.470. The lowest BCUT2D eigenvalue weighted by Crippen LogP contribution is -2.45. The average molecular weight is 280 g/mol. The number of carboxylic acids is 1. The highest BCUT2D eigenvalue weighted by Crippen LogP contribution is 2.24. The van der Waals surface area contributed by atoms with Crippen molar-refractivity contribution in [2.75, 3.05) is 7.05 Å². The molecule has 1 aromatic rings. The highest BCUT2D eigenvalue weighted by molar-refractivity contribution is 5.74. The predicted octanol–water partition coefficient (Wildman–Crippen LogP) is 1.19. The minimum Gasteiger partial charge on any atom is -0.481 e. The largest absolute Gasteiger partial charge is 0.481 e. The molecule has 3 N–H and O–H groups in total. The van der Waals surface area contributed by atoms with Crippen LogP contribution in [0.15, 0.2) is 12.4 Å². The number of carbonyl (C=O) groups is 2. The lowest BCUT2D eigenvalue weighted by Gasteiger charge is -2.29. The summed E-state index contributed by atoms with van der Waals surface area (Å²) in [4.78, 5) is 24.6. The molecule has 1 aliphatic rings. The van der Waals surface area contributed by atoms with E-state index < -0.39 is 5.97 Å². The third-order valence-electron chi connectivity index (χ3n) is 3.67. The molecule has 1 aromatic heterocycles. The van der Waals surface area contributed by atoms with Crippen molar-refractivity contribution in [1.82, 2.24) is 20.4 Å². The minimum atomic E-state index is -0.768. The van der Waals surface area contributed by atoms with Crippen LogP contribution >= 0.6 is 0 Å².